The van der Waals surface area contributed by atoms with E-state index in [1.165, 1.54) is 0 Å². The van der Waals surface area contributed by atoms with Crippen molar-refractivity contribution in [2.24, 2.45) is 0 Å². The number of aryl methyl sites for hydroxylation is 2. The van der Waals surface area contributed by atoms with Crippen molar-refractivity contribution < 1.29 is 9.53 Å². The van der Waals surface area contributed by atoms with Gasteiger partial charge in [-0.05, 0) is 25.0 Å². The highest BCUT2D eigenvalue weighted by Gasteiger charge is 2.21. The summed E-state index contributed by atoms with van der Waals surface area (Å²) in [5.74, 6) is -0.756. The standard InChI is InChI=1S/C14H17NO2/c1-10-4-5-11(2)12(8-10)13(9-15)14(16)6-7-17-3/h4-5,8,13H,6-7H2,1-3H3. The molecule has 0 spiro atoms. The highest BCUT2D eigenvalue weighted by Crippen LogP contribution is 2.22. The van der Waals surface area contributed by atoms with Gasteiger partial charge in [0.2, 0.25) is 0 Å². The fourth-order valence-corrected chi connectivity index (χ4v) is 1.73. The highest BCUT2D eigenvalue weighted by atomic mass is 16.5. The SMILES string of the molecule is COCCC(=O)C(C#N)c1cc(C)ccc1C. The Hall–Kier alpha value is -1.66. The predicted molar refractivity (Wildman–Crippen MR) is 65.8 cm³/mol. The van der Waals surface area contributed by atoms with Crippen LogP contribution in [0.25, 0.3) is 0 Å². The second kappa shape index (κ2) is 6.17. The van der Waals surface area contributed by atoms with Crippen molar-refractivity contribution in [3.8, 4) is 6.07 Å². The largest absolute Gasteiger partial charge is 0.384 e. The van der Waals surface area contributed by atoms with Crippen LogP contribution in [-0.4, -0.2) is 19.5 Å². The van der Waals surface area contributed by atoms with E-state index in [4.69, 9.17) is 10.00 Å². The number of carbonyl (C=O) groups excluding carboxylic acids is 1. The zero-order chi connectivity index (χ0) is 12.8. The molecule has 3 heteroatoms. The first-order valence-electron chi connectivity index (χ1n) is 5.58. The summed E-state index contributed by atoms with van der Waals surface area (Å²) in [6.07, 6.45) is 0.280. The van der Waals surface area contributed by atoms with E-state index < -0.39 is 5.92 Å². The van der Waals surface area contributed by atoms with Crippen molar-refractivity contribution in [1.82, 2.24) is 0 Å². The first-order valence-corrected chi connectivity index (χ1v) is 5.58. The summed E-state index contributed by atoms with van der Waals surface area (Å²) in [5.41, 5.74) is 2.85. The van der Waals surface area contributed by atoms with Crippen LogP contribution >= 0.6 is 0 Å². The van der Waals surface area contributed by atoms with Gasteiger partial charge < -0.3 is 4.74 Å². The molecular weight excluding hydrogens is 214 g/mol. The van der Waals surface area contributed by atoms with Crippen LogP contribution in [0.4, 0.5) is 0 Å². The molecule has 90 valence electrons. The Morgan fingerprint density at radius 2 is 2.18 bits per heavy atom. The van der Waals surface area contributed by atoms with Gasteiger partial charge in [0.1, 0.15) is 5.92 Å². The maximum Gasteiger partial charge on any atom is 0.156 e. The third-order valence-electron chi connectivity index (χ3n) is 2.75. The molecule has 0 aromatic heterocycles. The first kappa shape index (κ1) is 13.4. The van der Waals surface area contributed by atoms with Crippen LogP contribution in [0.2, 0.25) is 0 Å². The molecule has 0 heterocycles. The lowest BCUT2D eigenvalue weighted by Gasteiger charge is -2.12. The summed E-state index contributed by atoms with van der Waals surface area (Å²) in [6.45, 7) is 4.24. The number of methoxy groups -OCH3 is 1. The fraction of sp³-hybridized carbons (Fsp3) is 0.429. The van der Waals surface area contributed by atoms with Gasteiger partial charge in [-0.25, -0.2) is 0 Å². The minimum Gasteiger partial charge on any atom is -0.384 e. The maximum atomic E-state index is 11.9. The molecule has 1 atom stereocenters. The first-order chi connectivity index (χ1) is 8.10. The summed E-state index contributed by atoms with van der Waals surface area (Å²) in [5, 5.41) is 9.15. The van der Waals surface area contributed by atoms with E-state index in [0.29, 0.717) is 6.61 Å². The quantitative estimate of drug-likeness (QED) is 0.782. The number of Topliss-reactive ketones (excluding diaryl/α,β-unsaturated/α-hetero) is 1. The second-order valence-electron chi connectivity index (χ2n) is 4.13. The smallest absolute Gasteiger partial charge is 0.156 e. The minimum absolute atomic E-state index is 0.0805. The summed E-state index contributed by atoms with van der Waals surface area (Å²) >= 11 is 0. The molecule has 0 radical (unpaired) electrons. The monoisotopic (exact) mass is 231 g/mol. The third kappa shape index (κ3) is 3.40. The van der Waals surface area contributed by atoms with E-state index >= 15 is 0 Å². The van der Waals surface area contributed by atoms with Gasteiger partial charge in [-0.2, -0.15) is 5.26 Å². The molecule has 1 aromatic rings. The number of carbonyl (C=O) groups is 1. The molecule has 0 aliphatic heterocycles. The Morgan fingerprint density at radius 3 is 2.76 bits per heavy atom. The summed E-state index contributed by atoms with van der Waals surface area (Å²) in [7, 11) is 1.55. The molecule has 0 N–H and O–H groups in total. The zero-order valence-electron chi connectivity index (χ0n) is 10.5. The molecule has 0 aliphatic rings. The van der Waals surface area contributed by atoms with Crippen LogP contribution in [0.1, 0.15) is 29.0 Å². The van der Waals surface area contributed by atoms with Crippen LogP contribution in [0.15, 0.2) is 18.2 Å². The number of nitriles is 1. The Balaban J connectivity index is 2.98. The van der Waals surface area contributed by atoms with Gasteiger partial charge >= 0.3 is 0 Å². The predicted octanol–water partition coefficient (Wildman–Crippen LogP) is 2.52. The molecule has 0 saturated heterocycles. The van der Waals surface area contributed by atoms with E-state index in [-0.39, 0.29) is 12.2 Å². The number of rotatable bonds is 5. The van der Waals surface area contributed by atoms with Crippen LogP contribution in [0.3, 0.4) is 0 Å². The van der Waals surface area contributed by atoms with Gasteiger partial charge in [-0.15, -0.1) is 0 Å². The fourth-order valence-electron chi connectivity index (χ4n) is 1.73. The molecule has 0 fully saturated rings. The van der Waals surface area contributed by atoms with Gasteiger partial charge in [0.05, 0.1) is 12.7 Å². The van der Waals surface area contributed by atoms with E-state index in [1.54, 1.807) is 7.11 Å². The molecule has 1 rings (SSSR count). The van der Waals surface area contributed by atoms with Crippen molar-refractivity contribution in [3.63, 3.8) is 0 Å². The average molecular weight is 231 g/mol. The van der Waals surface area contributed by atoms with Crippen LogP contribution in [0, 0.1) is 25.2 Å². The molecular formula is C14H17NO2. The number of hydrogen-bond acceptors (Lipinski definition) is 3. The third-order valence-corrected chi connectivity index (χ3v) is 2.75. The topological polar surface area (TPSA) is 50.1 Å². The molecule has 3 nitrogen and oxygen atoms in total. The lowest BCUT2D eigenvalue weighted by molar-refractivity contribution is -0.120. The van der Waals surface area contributed by atoms with E-state index in [9.17, 15) is 4.79 Å². The van der Waals surface area contributed by atoms with Crippen molar-refractivity contribution in [1.29, 1.82) is 5.26 Å². The molecule has 0 bridgehead atoms. The number of nitrogens with zero attached hydrogens (tertiary/aromatic N) is 1. The number of benzene rings is 1. The Labute approximate surface area is 102 Å². The summed E-state index contributed by atoms with van der Waals surface area (Å²) in [6, 6.07) is 7.92. The molecule has 0 amide bonds. The van der Waals surface area contributed by atoms with Crippen molar-refractivity contribution >= 4 is 5.78 Å². The van der Waals surface area contributed by atoms with Crippen LogP contribution in [-0.2, 0) is 9.53 Å². The van der Waals surface area contributed by atoms with Crippen molar-refractivity contribution in [3.05, 3.63) is 34.9 Å². The lowest BCUT2D eigenvalue weighted by atomic mass is 9.90. The zero-order valence-corrected chi connectivity index (χ0v) is 10.5. The molecule has 1 aromatic carbocycles. The summed E-state index contributed by atoms with van der Waals surface area (Å²) < 4.78 is 4.87. The van der Waals surface area contributed by atoms with Crippen molar-refractivity contribution in [2.45, 2.75) is 26.2 Å². The summed E-state index contributed by atoms with van der Waals surface area (Å²) in [4.78, 5) is 11.9. The molecule has 0 aliphatic carbocycles. The maximum absolute atomic E-state index is 11.9. The molecule has 1 unspecified atom stereocenters. The van der Waals surface area contributed by atoms with Gasteiger partial charge in [-0.3, -0.25) is 4.79 Å². The molecule has 0 saturated carbocycles. The Morgan fingerprint density at radius 1 is 1.47 bits per heavy atom. The van der Waals surface area contributed by atoms with Crippen LogP contribution in [0.5, 0.6) is 0 Å². The Bertz CT molecular complexity index is 446. The van der Waals surface area contributed by atoms with E-state index in [0.717, 1.165) is 16.7 Å². The lowest BCUT2D eigenvalue weighted by Crippen LogP contribution is -2.14. The minimum atomic E-state index is -0.676. The molecule has 17 heavy (non-hydrogen) atoms. The second-order valence-corrected chi connectivity index (χ2v) is 4.13. The number of hydrogen-bond donors (Lipinski definition) is 0. The number of ether oxygens (including phenoxy) is 1. The Kier molecular flexibility index (Phi) is 4.86. The normalized spacial score (nSPS) is 11.9. The highest BCUT2D eigenvalue weighted by molar-refractivity contribution is 5.88. The average Bonchev–Trinajstić information content (AvgIpc) is 2.32. The van der Waals surface area contributed by atoms with Gasteiger partial charge in [0, 0.05) is 13.5 Å². The van der Waals surface area contributed by atoms with E-state index in [2.05, 4.69) is 6.07 Å². The van der Waals surface area contributed by atoms with Crippen molar-refractivity contribution in [2.75, 3.05) is 13.7 Å². The van der Waals surface area contributed by atoms with Gasteiger partial charge in [0.25, 0.3) is 0 Å². The van der Waals surface area contributed by atoms with Gasteiger partial charge in [0.15, 0.2) is 5.78 Å². The van der Waals surface area contributed by atoms with Crippen LogP contribution < -0.4 is 0 Å². The van der Waals surface area contributed by atoms with Gasteiger partial charge in [-0.1, -0.05) is 23.8 Å². The van der Waals surface area contributed by atoms with E-state index in [1.807, 2.05) is 32.0 Å². The number of ketones is 1.